The predicted molar refractivity (Wildman–Crippen MR) is 133 cm³/mol. The molecule has 0 saturated carbocycles. The van der Waals surface area contributed by atoms with E-state index in [0.717, 1.165) is 56.1 Å². The molecule has 0 amide bonds. The third-order valence-electron chi connectivity index (χ3n) is 6.67. The quantitative estimate of drug-likeness (QED) is 0.314. The Balaban J connectivity index is 1.87. The fourth-order valence-electron chi connectivity index (χ4n) is 5.06. The summed E-state index contributed by atoms with van der Waals surface area (Å²) in [5, 5.41) is 2.70. The van der Waals surface area contributed by atoms with Gasteiger partial charge in [0.15, 0.2) is 0 Å². The van der Waals surface area contributed by atoms with Crippen LogP contribution in [0.4, 0.5) is 4.39 Å². The van der Waals surface area contributed by atoms with Crippen LogP contribution in [0.3, 0.4) is 0 Å². The maximum atomic E-state index is 15.3. The summed E-state index contributed by atoms with van der Waals surface area (Å²) in [5.74, 6) is 0.329. The highest BCUT2D eigenvalue weighted by Crippen LogP contribution is 2.43. The molecule has 0 atom stereocenters. The molecule has 0 aliphatic carbocycles. The van der Waals surface area contributed by atoms with Crippen molar-refractivity contribution < 1.29 is 18.7 Å². The second kappa shape index (κ2) is 8.71. The Kier molecular flexibility index (Phi) is 5.72. The van der Waals surface area contributed by atoms with Gasteiger partial charge in [0.05, 0.1) is 25.2 Å². The first-order valence-electron chi connectivity index (χ1n) is 11.8. The maximum Gasteiger partial charge on any atom is 0.310 e. The van der Waals surface area contributed by atoms with Gasteiger partial charge in [0.1, 0.15) is 11.6 Å². The molecule has 2 heterocycles. The minimum atomic E-state index is -0.301. The van der Waals surface area contributed by atoms with Crippen LogP contribution in [0.25, 0.3) is 32.8 Å². The van der Waals surface area contributed by atoms with Crippen LogP contribution in [0.5, 0.6) is 5.75 Å². The molecule has 4 aromatic rings. The third-order valence-corrected chi connectivity index (χ3v) is 6.67. The maximum absolute atomic E-state index is 15.3. The van der Waals surface area contributed by atoms with Crippen molar-refractivity contribution in [1.29, 1.82) is 0 Å². The highest BCUT2D eigenvalue weighted by molar-refractivity contribution is 6.08. The third kappa shape index (κ3) is 3.69. The van der Waals surface area contributed by atoms with E-state index in [2.05, 4.69) is 0 Å². The SMILES string of the molecule is CCOC(=O)Cc1c(C)cc2cc(C(C)C)c(F)cc2c1-c1ccc2c3c(ccnc13)CCO2. The van der Waals surface area contributed by atoms with Gasteiger partial charge in [0, 0.05) is 23.6 Å². The number of carbonyl (C=O) groups excluding carboxylic acids is 1. The minimum Gasteiger partial charge on any atom is -0.493 e. The number of halogens is 1. The number of aromatic nitrogens is 1. The predicted octanol–water partition coefficient (Wildman–Crippen LogP) is 6.67. The van der Waals surface area contributed by atoms with Crippen molar-refractivity contribution in [3.8, 4) is 16.9 Å². The summed E-state index contributed by atoms with van der Waals surface area (Å²) in [7, 11) is 0. The molecule has 0 fully saturated rings. The Hall–Kier alpha value is -3.47. The van der Waals surface area contributed by atoms with Gasteiger partial charge in [-0.15, -0.1) is 0 Å². The second-order valence-electron chi connectivity index (χ2n) is 9.18. The van der Waals surface area contributed by atoms with Crippen LogP contribution < -0.4 is 4.74 Å². The fourth-order valence-corrected chi connectivity index (χ4v) is 5.06. The molecule has 1 aliphatic rings. The lowest BCUT2D eigenvalue weighted by atomic mass is 9.85. The summed E-state index contributed by atoms with van der Waals surface area (Å²) < 4.78 is 26.5. The van der Waals surface area contributed by atoms with Gasteiger partial charge in [-0.1, -0.05) is 19.9 Å². The molecule has 34 heavy (non-hydrogen) atoms. The molecule has 0 unspecified atom stereocenters. The van der Waals surface area contributed by atoms with Crippen LogP contribution >= 0.6 is 0 Å². The van der Waals surface area contributed by atoms with E-state index < -0.39 is 0 Å². The number of benzene rings is 3. The van der Waals surface area contributed by atoms with Crippen LogP contribution in [0.2, 0.25) is 0 Å². The summed E-state index contributed by atoms with van der Waals surface area (Å²) in [6, 6.07) is 11.6. The first-order valence-corrected chi connectivity index (χ1v) is 11.8. The summed E-state index contributed by atoms with van der Waals surface area (Å²) in [6.45, 7) is 8.72. The highest BCUT2D eigenvalue weighted by atomic mass is 19.1. The molecular weight excluding hydrogens is 429 g/mol. The average Bonchev–Trinajstić information content (AvgIpc) is 2.81. The molecule has 0 radical (unpaired) electrons. The first-order chi connectivity index (χ1) is 16.4. The van der Waals surface area contributed by atoms with Gasteiger partial charge in [0.25, 0.3) is 0 Å². The number of hydrogen-bond donors (Lipinski definition) is 0. The highest BCUT2D eigenvalue weighted by Gasteiger charge is 2.23. The van der Waals surface area contributed by atoms with E-state index in [4.69, 9.17) is 14.5 Å². The lowest BCUT2D eigenvalue weighted by Crippen LogP contribution is -2.11. The number of rotatable bonds is 5. The normalized spacial score (nSPS) is 12.9. The standard InChI is InChI=1S/C29H28FNO3/c1-5-33-26(32)15-22-17(4)12-19-13-21(16(2)3)24(30)14-23(19)28(22)20-6-7-25-27-18(9-11-34-25)8-10-31-29(20)27/h6-8,10,12-14,16H,5,9,11,15H2,1-4H3. The summed E-state index contributed by atoms with van der Waals surface area (Å²) in [4.78, 5) is 17.3. The van der Waals surface area contributed by atoms with Crippen molar-refractivity contribution in [2.24, 2.45) is 0 Å². The molecule has 1 aliphatic heterocycles. The van der Waals surface area contributed by atoms with Gasteiger partial charge in [-0.25, -0.2) is 4.39 Å². The van der Waals surface area contributed by atoms with E-state index >= 15 is 4.39 Å². The zero-order valence-electron chi connectivity index (χ0n) is 20.0. The second-order valence-corrected chi connectivity index (χ2v) is 9.18. The van der Waals surface area contributed by atoms with Gasteiger partial charge >= 0.3 is 5.97 Å². The van der Waals surface area contributed by atoms with E-state index in [1.54, 1.807) is 13.0 Å². The van der Waals surface area contributed by atoms with E-state index in [0.29, 0.717) is 18.8 Å². The molecule has 5 rings (SSSR count). The van der Waals surface area contributed by atoms with Crippen LogP contribution in [-0.2, 0) is 22.4 Å². The van der Waals surface area contributed by atoms with E-state index in [-0.39, 0.29) is 24.1 Å². The molecule has 5 heteroatoms. The number of nitrogens with zero attached hydrogens (tertiary/aromatic N) is 1. The number of aryl methyl sites for hydroxylation is 1. The van der Waals surface area contributed by atoms with Crippen molar-refractivity contribution in [3.63, 3.8) is 0 Å². The van der Waals surface area contributed by atoms with Crippen molar-refractivity contribution in [2.75, 3.05) is 13.2 Å². The molecule has 0 saturated heterocycles. The number of ether oxygens (including phenoxy) is 2. The molecule has 0 bridgehead atoms. The van der Waals surface area contributed by atoms with Crippen molar-refractivity contribution in [2.45, 2.75) is 46.5 Å². The molecule has 0 spiro atoms. The van der Waals surface area contributed by atoms with E-state index in [1.165, 1.54) is 5.56 Å². The largest absolute Gasteiger partial charge is 0.493 e. The van der Waals surface area contributed by atoms with Crippen LogP contribution in [-0.4, -0.2) is 24.2 Å². The lowest BCUT2D eigenvalue weighted by molar-refractivity contribution is -0.142. The number of hydrogen-bond acceptors (Lipinski definition) is 4. The molecule has 0 N–H and O–H groups in total. The summed E-state index contributed by atoms with van der Waals surface area (Å²) in [6.07, 6.45) is 2.74. The van der Waals surface area contributed by atoms with Gasteiger partial charge in [-0.3, -0.25) is 9.78 Å². The van der Waals surface area contributed by atoms with Crippen LogP contribution in [0.15, 0.2) is 42.6 Å². The Morgan fingerprint density at radius 2 is 2.03 bits per heavy atom. The molecule has 1 aromatic heterocycles. The van der Waals surface area contributed by atoms with Gasteiger partial charge in [0.2, 0.25) is 0 Å². The van der Waals surface area contributed by atoms with E-state index in [1.807, 2.05) is 57.3 Å². The summed E-state index contributed by atoms with van der Waals surface area (Å²) >= 11 is 0. The first kappa shape index (κ1) is 22.3. The van der Waals surface area contributed by atoms with Crippen LogP contribution in [0, 0.1) is 12.7 Å². The Morgan fingerprint density at radius 3 is 2.79 bits per heavy atom. The van der Waals surface area contributed by atoms with Gasteiger partial charge in [-0.2, -0.15) is 0 Å². The molecule has 174 valence electrons. The fraction of sp³-hybridized carbons (Fsp3) is 0.310. The Bertz CT molecular complexity index is 1430. The van der Waals surface area contributed by atoms with Crippen molar-refractivity contribution in [1.82, 2.24) is 4.98 Å². The van der Waals surface area contributed by atoms with E-state index in [9.17, 15) is 4.79 Å². The number of fused-ring (bicyclic) bond motifs is 1. The molecule has 3 aromatic carbocycles. The van der Waals surface area contributed by atoms with Gasteiger partial charge in [-0.05, 0) is 88.7 Å². The topological polar surface area (TPSA) is 48.4 Å². The van der Waals surface area contributed by atoms with Crippen molar-refractivity contribution >= 4 is 27.6 Å². The average molecular weight is 458 g/mol. The smallest absolute Gasteiger partial charge is 0.310 e. The lowest BCUT2D eigenvalue weighted by Gasteiger charge is -2.22. The van der Waals surface area contributed by atoms with Crippen molar-refractivity contribution in [3.05, 3.63) is 70.7 Å². The Labute approximate surface area is 198 Å². The Morgan fingerprint density at radius 1 is 1.21 bits per heavy atom. The van der Waals surface area contributed by atoms with Crippen LogP contribution in [0.1, 0.15) is 48.9 Å². The number of carbonyl (C=O) groups is 1. The van der Waals surface area contributed by atoms with Gasteiger partial charge < -0.3 is 9.47 Å². The molecule has 4 nitrogen and oxygen atoms in total. The number of esters is 1. The monoisotopic (exact) mass is 457 g/mol. The zero-order chi connectivity index (χ0) is 24.0. The zero-order valence-corrected chi connectivity index (χ0v) is 20.0. The summed E-state index contributed by atoms with van der Waals surface area (Å²) in [5.41, 5.74) is 6.18. The minimum absolute atomic E-state index is 0.0618. The molecular formula is C29H28FNO3. The number of pyridine rings is 1.